The molecule has 10 rings (SSSR count). The lowest BCUT2D eigenvalue weighted by Gasteiger charge is -2.35. The Morgan fingerprint density at radius 2 is 1.26 bits per heavy atom. The van der Waals surface area contributed by atoms with Crippen molar-refractivity contribution in [1.29, 1.82) is 5.41 Å². The average Bonchev–Trinajstić information content (AvgIpc) is 4.25. The number of halogens is 2. The van der Waals surface area contributed by atoms with Gasteiger partial charge < -0.3 is 68.7 Å². The standard InChI is InChI=1S/2C26H32BrN7O5S/c1-14(30-25(36)39-26(2,3)4)23(35)33-7-5-6-15(10-33)11-34-12-29-21(28)20-22(34)32-24(31-20)40-19-9-18-17(8-16(19)27)37-13-38-18;1-14(31-25(36)39-26(2,3)4)23(35)33-7-5-6-15(10-33)11-34-22-20(21(28)29-12-30-22)32-24(34)40-19-9-18-17(8-16(19)27)37-13-38-18/h8-9,12,14-15,28H,5-7,10-11,13H2,1-4H3,(H,30,36)(H,31,32);8-9,12,14-15H,5-7,10-11,13H2,1-4H3,(H,31,36)(H2,28,29,30)/t2*14-,15?/m00/s1. The third kappa shape index (κ3) is 14.1. The van der Waals surface area contributed by atoms with E-state index in [1.165, 1.54) is 29.9 Å². The number of nitrogens with two attached hydrogens (primary N) is 1. The second-order valence-electron chi connectivity index (χ2n) is 21.7. The van der Waals surface area contributed by atoms with Gasteiger partial charge in [-0.1, -0.05) is 23.5 Å². The maximum Gasteiger partial charge on any atom is 0.408 e. The van der Waals surface area contributed by atoms with Gasteiger partial charge in [0.1, 0.15) is 35.1 Å². The number of ether oxygens (including phenoxy) is 6. The van der Waals surface area contributed by atoms with Crippen LogP contribution in [0.3, 0.4) is 0 Å². The van der Waals surface area contributed by atoms with Crippen molar-refractivity contribution in [1.82, 2.24) is 59.5 Å². The number of imidazole rings is 2. The molecule has 28 heteroatoms. The Morgan fingerprint density at radius 3 is 1.80 bits per heavy atom. The second kappa shape index (κ2) is 24.3. The van der Waals surface area contributed by atoms with Gasteiger partial charge in [0.05, 0.1) is 6.33 Å². The highest BCUT2D eigenvalue weighted by molar-refractivity contribution is 9.10. The topological polar surface area (TPSA) is 294 Å². The third-order valence-electron chi connectivity index (χ3n) is 13.0. The number of hydrogen-bond donors (Lipinski definition) is 5. The summed E-state index contributed by atoms with van der Waals surface area (Å²) < 4.78 is 38.3. The molecule has 2 aromatic carbocycles. The molecule has 0 saturated carbocycles. The smallest absolute Gasteiger partial charge is 0.408 e. The summed E-state index contributed by atoms with van der Waals surface area (Å²) in [7, 11) is 0. The zero-order valence-corrected chi connectivity index (χ0v) is 50.3. The van der Waals surface area contributed by atoms with Gasteiger partial charge in [-0.3, -0.25) is 15.0 Å². The number of nitrogens with one attached hydrogen (secondary N) is 4. The lowest BCUT2D eigenvalue weighted by atomic mass is 9.97. The number of H-pyrrole nitrogens is 1. The monoisotopic (exact) mass is 1270 g/mol. The SMILES string of the molecule is C[C@H](NC(=O)OC(C)(C)C)C(=O)N1CCCC(Cn2c(Sc3cc4c(cc3Br)OCO4)nc3c(N)ncnc32)C1.C[C@H](NC(=O)OC(C)(C)C)C(=O)N1CCCC(Cn2cnc(=N)c3[nH]c(Sc4cc5c(cc4Br)OCO5)nc32)C1. The maximum atomic E-state index is 13.2. The Bertz CT molecular complexity index is 3380. The molecule has 428 valence electrons. The van der Waals surface area contributed by atoms with Crippen molar-refractivity contribution in [2.75, 3.05) is 45.5 Å². The normalized spacial score (nSPS) is 17.6. The molecular formula is C52H64Br2N14O10S2. The van der Waals surface area contributed by atoms with E-state index in [4.69, 9.17) is 49.5 Å². The summed E-state index contributed by atoms with van der Waals surface area (Å²) in [4.78, 5) is 81.7. The summed E-state index contributed by atoms with van der Waals surface area (Å²) in [5.41, 5.74) is 7.32. The van der Waals surface area contributed by atoms with Crippen molar-refractivity contribution < 1.29 is 47.6 Å². The van der Waals surface area contributed by atoms with E-state index in [1.807, 2.05) is 33.4 Å². The molecule has 6 aromatic rings. The lowest BCUT2D eigenvalue weighted by Crippen LogP contribution is -2.51. The zero-order chi connectivity index (χ0) is 57.2. The fourth-order valence-electron chi connectivity index (χ4n) is 9.48. The van der Waals surface area contributed by atoms with Gasteiger partial charge in [0.15, 0.2) is 61.4 Å². The van der Waals surface area contributed by atoms with Crippen LogP contribution in [0.2, 0.25) is 0 Å². The second-order valence-corrected chi connectivity index (χ2v) is 25.5. The molecule has 24 nitrogen and oxygen atoms in total. The summed E-state index contributed by atoms with van der Waals surface area (Å²) in [6.45, 7) is 17.9. The molecule has 0 bridgehead atoms. The fourth-order valence-corrected chi connectivity index (χ4v) is 12.4. The van der Waals surface area contributed by atoms with Crippen LogP contribution in [-0.2, 0) is 32.2 Å². The zero-order valence-electron chi connectivity index (χ0n) is 45.5. The Kier molecular flexibility index (Phi) is 17.7. The highest BCUT2D eigenvalue weighted by Crippen LogP contribution is 2.45. The van der Waals surface area contributed by atoms with Gasteiger partial charge >= 0.3 is 12.2 Å². The quantitative estimate of drug-likeness (QED) is 0.0770. The predicted octanol–water partition coefficient (Wildman–Crippen LogP) is 8.24. The van der Waals surface area contributed by atoms with Crippen LogP contribution in [0, 0.1) is 17.2 Å². The number of aromatic amines is 1. The van der Waals surface area contributed by atoms with Crippen molar-refractivity contribution >= 4 is 108 Å². The van der Waals surface area contributed by atoms with E-state index < -0.39 is 35.5 Å². The molecule has 4 amide bonds. The van der Waals surface area contributed by atoms with Crippen LogP contribution in [0.4, 0.5) is 15.4 Å². The Balaban J connectivity index is 0.000000194. The predicted molar refractivity (Wildman–Crippen MR) is 303 cm³/mol. The number of aromatic nitrogens is 8. The molecule has 0 spiro atoms. The molecule has 2 fully saturated rings. The van der Waals surface area contributed by atoms with Gasteiger partial charge in [0.25, 0.3) is 0 Å². The number of carbonyl (C=O) groups is 4. The van der Waals surface area contributed by atoms with Gasteiger partial charge in [-0.15, -0.1) is 0 Å². The molecule has 4 atom stereocenters. The van der Waals surface area contributed by atoms with Crippen LogP contribution < -0.4 is 40.8 Å². The van der Waals surface area contributed by atoms with Gasteiger partial charge in [0.2, 0.25) is 25.4 Å². The lowest BCUT2D eigenvalue weighted by molar-refractivity contribution is -0.135. The molecule has 2 unspecified atom stereocenters. The number of alkyl carbamates (subject to hydrolysis) is 2. The van der Waals surface area contributed by atoms with Crippen molar-refractivity contribution in [3.8, 4) is 23.0 Å². The van der Waals surface area contributed by atoms with Gasteiger partial charge in [-0.25, -0.2) is 34.5 Å². The molecule has 4 aliphatic heterocycles. The van der Waals surface area contributed by atoms with Crippen molar-refractivity contribution in [3.05, 3.63) is 51.4 Å². The van der Waals surface area contributed by atoms with Crippen molar-refractivity contribution in [2.24, 2.45) is 11.8 Å². The van der Waals surface area contributed by atoms with E-state index in [-0.39, 0.29) is 42.7 Å². The number of carbonyl (C=O) groups excluding carboxylic acids is 4. The highest BCUT2D eigenvalue weighted by Gasteiger charge is 2.33. The molecule has 0 aliphatic carbocycles. The number of piperidine rings is 2. The number of fused-ring (bicyclic) bond motifs is 4. The summed E-state index contributed by atoms with van der Waals surface area (Å²) in [5.74, 6) is 3.03. The first kappa shape index (κ1) is 58.1. The summed E-state index contributed by atoms with van der Waals surface area (Å²) in [6.07, 6.45) is 5.40. The molecule has 0 radical (unpaired) electrons. The van der Waals surface area contributed by atoms with Crippen molar-refractivity contribution in [3.63, 3.8) is 0 Å². The van der Waals surface area contributed by atoms with Crippen LogP contribution in [0.5, 0.6) is 23.0 Å². The largest absolute Gasteiger partial charge is 0.454 e. The first-order valence-electron chi connectivity index (χ1n) is 26.0. The van der Waals surface area contributed by atoms with E-state index >= 15 is 0 Å². The van der Waals surface area contributed by atoms with E-state index in [9.17, 15) is 19.2 Å². The molecular weight excluding hydrogens is 1200 g/mol. The van der Waals surface area contributed by atoms with Crippen LogP contribution in [0.15, 0.2) is 66.0 Å². The van der Waals surface area contributed by atoms with Gasteiger partial charge in [-0.2, -0.15) is 0 Å². The number of amides is 4. The molecule has 4 aromatic heterocycles. The number of nitrogen functional groups attached to an aromatic ring is 1. The molecule has 8 heterocycles. The van der Waals surface area contributed by atoms with E-state index in [1.54, 1.807) is 71.5 Å². The number of hydrogen-bond acceptors (Lipinski definition) is 19. The van der Waals surface area contributed by atoms with Gasteiger partial charge in [-0.05, 0) is 149 Å². The first-order chi connectivity index (χ1) is 37.9. The van der Waals surface area contributed by atoms with E-state index in [0.717, 1.165) is 44.4 Å². The third-order valence-corrected chi connectivity index (χ3v) is 16.9. The number of benzene rings is 2. The van der Waals surface area contributed by atoms with Crippen LogP contribution >= 0.6 is 55.4 Å². The number of nitrogens with zero attached hydrogens (tertiary/aromatic N) is 9. The van der Waals surface area contributed by atoms with E-state index in [2.05, 4.69) is 62.4 Å². The molecule has 6 N–H and O–H groups in total. The summed E-state index contributed by atoms with van der Waals surface area (Å²) in [6, 6.07) is 6.15. The first-order valence-corrected chi connectivity index (χ1v) is 29.2. The number of anilines is 1. The molecule has 80 heavy (non-hydrogen) atoms. The Morgan fingerprint density at radius 1 is 0.750 bits per heavy atom. The number of rotatable bonds is 12. The Labute approximate surface area is 486 Å². The van der Waals surface area contributed by atoms with Crippen LogP contribution in [0.1, 0.15) is 81.1 Å². The summed E-state index contributed by atoms with van der Waals surface area (Å²) >= 11 is 10.1. The fraction of sp³-hybridized carbons (Fsp3) is 0.500. The van der Waals surface area contributed by atoms with Crippen LogP contribution in [-0.4, -0.2) is 136 Å². The summed E-state index contributed by atoms with van der Waals surface area (Å²) in [5, 5.41) is 14.9. The Hall–Kier alpha value is -6.52. The van der Waals surface area contributed by atoms with Crippen molar-refractivity contribution in [2.45, 2.75) is 138 Å². The minimum Gasteiger partial charge on any atom is -0.454 e. The molecule has 4 aliphatic rings. The number of likely N-dealkylation sites (tertiary alicyclic amines) is 2. The maximum absolute atomic E-state index is 13.2. The highest BCUT2D eigenvalue weighted by atomic mass is 79.9. The van der Waals surface area contributed by atoms with E-state index in [0.29, 0.717) is 101 Å². The van der Waals surface area contributed by atoms with Gasteiger partial charge in [0, 0.05) is 58.0 Å². The average molecular weight is 1270 g/mol. The van der Waals surface area contributed by atoms with Crippen LogP contribution in [0.25, 0.3) is 22.3 Å². The minimum absolute atomic E-state index is 0.109. The molecule has 2 saturated heterocycles. The minimum atomic E-state index is -0.704.